The summed E-state index contributed by atoms with van der Waals surface area (Å²) in [4.78, 5) is 13.1. The van der Waals surface area contributed by atoms with E-state index in [0.29, 0.717) is 0 Å². The largest absolute Gasteiger partial charge is 0.497 e. The molecule has 1 amide bonds. The summed E-state index contributed by atoms with van der Waals surface area (Å²) in [5.74, 6) is 1.00. The molecule has 4 nitrogen and oxygen atoms in total. The van der Waals surface area contributed by atoms with Crippen molar-refractivity contribution < 1.29 is 46.7 Å². The number of nitrogens with one attached hydrogen (secondary N) is 1. The number of amides is 1. The van der Waals surface area contributed by atoms with Crippen LogP contribution in [0.4, 0.5) is 5.69 Å². The Morgan fingerprint density at radius 2 is 1.56 bits per heavy atom. The molecule has 1 unspecified atom stereocenters. The fraction of sp³-hybridized carbons (Fsp3) is 0.519. The molecule has 1 radical (unpaired) electrons. The number of carbonyl (C=O) groups is 1. The standard InChI is InChI=1S/C20H32N2O2.C7H8.Y/c1-6-18(22(7-2)11-9-8-10-12-22)20(23)21-19-15(3)13-17(24-5)14-16(19)4;1-7-5-3-2-4-6-7;/h13-14,18H,6-12H2,1-5H3;2-6H,1H3;/p+1. The van der Waals surface area contributed by atoms with Gasteiger partial charge in [0.15, 0.2) is 6.04 Å². The molecule has 5 heteroatoms. The molecule has 1 aliphatic heterocycles. The third-order valence-corrected chi connectivity index (χ3v) is 6.62. The fourth-order valence-corrected chi connectivity index (χ4v) is 4.79. The Kier molecular flexibility index (Phi) is 12.7. The maximum Gasteiger partial charge on any atom is 0.282 e. The van der Waals surface area contributed by atoms with Gasteiger partial charge in [-0.25, -0.2) is 0 Å². The molecule has 1 saturated heterocycles. The summed E-state index contributed by atoms with van der Waals surface area (Å²) in [5.41, 5.74) is 4.36. The van der Waals surface area contributed by atoms with Gasteiger partial charge in [-0.2, -0.15) is 0 Å². The van der Waals surface area contributed by atoms with Crippen molar-refractivity contribution in [1.29, 1.82) is 0 Å². The molecule has 1 fully saturated rings. The van der Waals surface area contributed by atoms with Crippen LogP contribution in [0.2, 0.25) is 0 Å². The predicted molar refractivity (Wildman–Crippen MR) is 131 cm³/mol. The molecule has 0 aliphatic carbocycles. The molecule has 1 atom stereocenters. The molecule has 1 aliphatic rings. The van der Waals surface area contributed by atoms with Crippen molar-refractivity contribution in [2.45, 2.75) is 66.3 Å². The number of methoxy groups -OCH3 is 1. The third-order valence-electron chi connectivity index (χ3n) is 6.62. The van der Waals surface area contributed by atoms with Crippen molar-refractivity contribution in [1.82, 2.24) is 0 Å². The van der Waals surface area contributed by atoms with E-state index in [1.54, 1.807) is 7.11 Å². The minimum absolute atomic E-state index is 0. The van der Waals surface area contributed by atoms with Crippen LogP contribution in [-0.2, 0) is 37.5 Å². The van der Waals surface area contributed by atoms with E-state index in [1.165, 1.54) is 24.8 Å². The second-order valence-corrected chi connectivity index (χ2v) is 8.75. The van der Waals surface area contributed by atoms with E-state index < -0.39 is 0 Å². The van der Waals surface area contributed by atoms with Gasteiger partial charge in [-0.15, -0.1) is 0 Å². The molecule has 0 bridgehead atoms. The number of quaternary nitrogens is 1. The monoisotopic (exact) mass is 514 g/mol. The minimum Gasteiger partial charge on any atom is -0.497 e. The van der Waals surface area contributed by atoms with Crippen molar-refractivity contribution in [3.63, 3.8) is 0 Å². The van der Waals surface area contributed by atoms with E-state index in [2.05, 4.69) is 38.2 Å². The topological polar surface area (TPSA) is 38.3 Å². The number of carbonyl (C=O) groups excluding carboxylic acids is 1. The van der Waals surface area contributed by atoms with Gasteiger partial charge in [-0.05, 0) is 70.2 Å². The van der Waals surface area contributed by atoms with Crippen LogP contribution in [-0.4, -0.2) is 43.2 Å². The number of aryl methyl sites for hydroxylation is 3. The number of benzene rings is 2. The van der Waals surface area contributed by atoms with Crippen LogP contribution in [0.1, 0.15) is 56.2 Å². The summed E-state index contributed by atoms with van der Waals surface area (Å²) in [6.07, 6.45) is 4.65. The molecule has 0 spiro atoms. The van der Waals surface area contributed by atoms with E-state index in [1.807, 2.05) is 44.2 Å². The number of ether oxygens (including phenoxy) is 1. The Balaban J connectivity index is 0.000000545. The average Bonchev–Trinajstić information content (AvgIpc) is 2.78. The van der Waals surface area contributed by atoms with Gasteiger partial charge in [0.25, 0.3) is 5.91 Å². The molecule has 2 aromatic rings. The number of hydrogen-bond donors (Lipinski definition) is 1. The molecule has 0 saturated carbocycles. The Morgan fingerprint density at radius 1 is 1.00 bits per heavy atom. The van der Waals surface area contributed by atoms with Crippen LogP contribution in [0, 0.1) is 20.8 Å². The number of piperidine rings is 1. The molecular weight excluding hydrogens is 473 g/mol. The summed E-state index contributed by atoms with van der Waals surface area (Å²) in [5, 5.41) is 3.23. The van der Waals surface area contributed by atoms with Crippen molar-refractivity contribution in [2.24, 2.45) is 0 Å². The van der Waals surface area contributed by atoms with Crippen molar-refractivity contribution in [3.8, 4) is 5.75 Å². The summed E-state index contributed by atoms with van der Waals surface area (Å²) in [7, 11) is 1.67. The minimum atomic E-state index is 0. The predicted octanol–water partition coefficient (Wildman–Crippen LogP) is 6.04. The maximum absolute atomic E-state index is 13.1. The number of likely N-dealkylation sites (N-methyl/N-ethyl adjacent to an activating group) is 1. The van der Waals surface area contributed by atoms with Crippen LogP contribution in [0.5, 0.6) is 5.75 Å². The zero-order valence-corrected chi connectivity index (χ0v) is 23.7. The van der Waals surface area contributed by atoms with Gasteiger partial charge in [0, 0.05) is 44.8 Å². The number of anilines is 1. The fourth-order valence-electron chi connectivity index (χ4n) is 4.79. The Morgan fingerprint density at radius 3 is 1.97 bits per heavy atom. The number of likely N-dealkylation sites (tertiary alicyclic amines) is 1. The van der Waals surface area contributed by atoms with Crippen LogP contribution >= 0.6 is 0 Å². The number of hydrogen-bond acceptors (Lipinski definition) is 2. The molecule has 3 rings (SSSR count). The first kappa shape index (κ1) is 28.8. The maximum atomic E-state index is 13.1. The quantitative estimate of drug-likeness (QED) is 0.478. The smallest absolute Gasteiger partial charge is 0.282 e. The Bertz CT molecular complexity index is 810. The van der Waals surface area contributed by atoms with E-state index in [4.69, 9.17) is 4.74 Å². The third kappa shape index (κ3) is 7.68. The van der Waals surface area contributed by atoms with Gasteiger partial charge in [0.1, 0.15) is 5.75 Å². The summed E-state index contributed by atoms with van der Waals surface area (Å²) >= 11 is 0. The van der Waals surface area contributed by atoms with Crippen molar-refractivity contribution in [3.05, 3.63) is 59.2 Å². The number of rotatable bonds is 6. The zero-order chi connectivity index (χ0) is 22.9. The Labute approximate surface area is 220 Å². The summed E-state index contributed by atoms with van der Waals surface area (Å²) in [6, 6.07) is 14.3. The molecule has 1 N–H and O–H groups in total. The van der Waals surface area contributed by atoms with E-state index in [-0.39, 0.29) is 44.7 Å². The zero-order valence-electron chi connectivity index (χ0n) is 20.9. The van der Waals surface area contributed by atoms with E-state index >= 15 is 0 Å². The summed E-state index contributed by atoms with van der Waals surface area (Å²) in [6.45, 7) is 13.8. The Hall–Kier alpha value is -1.23. The molecule has 173 valence electrons. The number of nitrogens with zero attached hydrogens (tertiary/aromatic N) is 1. The normalized spacial score (nSPS) is 15.4. The molecule has 0 aromatic heterocycles. The van der Waals surface area contributed by atoms with Crippen LogP contribution in [0.3, 0.4) is 0 Å². The molecule has 2 aromatic carbocycles. The van der Waals surface area contributed by atoms with Crippen LogP contribution in [0.25, 0.3) is 0 Å². The molecule has 1 heterocycles. The van der Waals surface area contributed by atoms with Gasteiger partial charge in [-0.3, -0.25) is 4.79 Å². The van der Waals surface area contributed by atoms with Gasteiger partial charge in [-0.1, -0.05) is 42.8 Å². The van der Waals surface area contributed by atoms with E-state index in [9.17, 15) is 4.79 Å². The van der Waals surface area contributed by atoms with Crippen molar-refractivity contribution >= 4 is 11.6 Å². The first-order valence-corrected chi connectivity index (χ1v) is 11.7. The van der Waals surface area contributed by atoms with Crippen LogP contribution in [0.15, 0.2) is 42.5 Å². The average molecular weight is 515 g/mol. The van der Waals surface area contributed by atoms with Gasteiger partial charge >= 0.3 is 0 Å². The first-order chi connectivity index (χ1) is 14.9. The van der Waals surface area contributed by atoms with Gasteiger partial charge in [0.05, 0.1) is 26.7 Å². The molecule has 32 heavy (non-hydrogen) atoms. The summed E-state index contributed by atoms with van der Waals surface area (Å²) < 4.78 is 6.26. The van der Waals surface area contributed by atoms with Gasteiger partial charge < -0.3 is 14.5 Å². The molecular formula is C27H41N2O2Y+. The second kappa shape index (κ2) is 14.1. The van der Waals surface area contributed by atoms with Gasteiger partial charge in [0.2, 0.25) is 0 Å². The first-order valence-electron chi connectivity index (χ1n) is 11.7. The van der Waals surface area contributed by atoms with Crippen LogP contribution < -0.4 is 10.1 Å². The second-order valence-electron chi connectivity index (χ2n) is 8.75. The SMILES string of the molecule is CCC(C(=O)Nc1c(C)cc(OC)cc1C)[N+]1(CC)CCCCC1.Cc1ccccc1.[Y]. The van der Waals surface area contributed by atoms with Crippen molar-refractivity contribution in [2.75, 3.05) is 32.1 Å². The van der Waals surface area contributed by atoms with E-state index in [0.717, 1.165) is 53.1 Å².